The van der Waals surface area contributed by atoms with Crippen LogP contribution in [0.2, 0.25) is 10.4 Å². The molecular formula is C28H15Cl2N3S. The van der Waals surface area contributed by atoms with Gasteiger partial charge in [-0.3, -0.25) is 0 Å². The Hall–Kier alpha value is -3.44. The van der Waals surface area contributed by atoms with E-state index in [1.165, 1.54) is 21.8 Å². The molecule has 0 bridgehead atoms. The van der Waals surface area contributed by atoms with Crippen molar-refractivity contribution in [1.29, 1.82) is 0 Å². The number of rotatable bonds is 2. The fourth-order valence-electron chi connectivity index (χ4n) is 4.80. The quantitative estimate of drug-likeness (QED) is 0.177. The summed E-state index contributed by atoms with van der Waals surface area (Å²) in [6.07, 6.45) is 0. The maximum Gasteiger partial charge on any atom is 0.225 e. The maximum absolute atomic E-state index is 6.45. The molecule has 0 saturated heterocycles. The number of hydrogen-bond acceptors (Lipinski definition) is 3. The summed E-state index contributed by atoms with van der Waals surface area (Å²) in [6.45, 7) is 0. The van der Waals surface area contributed by atoms with Gasteiger partial charge in [0.15, 0.2) is 0 Å². The van der Waals surface area contributed by atoms with E-state index < -0.39 is 0 Å². The van der Waals surface area contributed by atoms with Crippen LogP contribution in [0.1, 0.15) is 0 Å². The average molecular weight is 496 g/mol. The molecule has 3 nitrogen and oxygen atoms in total. The molecule has 34 heavy (non-hydrogen) atoms. The molecule has 0 fully saturated rings. The fraction of sp³-hybridized carbons (Fsp3) is 0. The molecule has 0 unspecified atom stereocenters. The van der Waals surface area contributed by atoms with Crippen LogP contribution in [0.5, 0.6) is 0 Å². The van der Waals surface area contributed by atoms with E-state index in [0.29, 0.717) is 5.15 Å². The van der Waals surface area contributed by atoms with Gasteiger partial charge in [0.25, 0.3) is 0 Å². The minimum absolute atomic E-state index is 0.171. The third-order valence-corrected chi connectivity index (χ3v) is 7.79. The predicted octanol–water partition coefficient (Wildman–Crippen LogP) is 8.92. The standard InChI is InChI=1S/C28H15Cl2N3S/c29-26-25-21-15-17(11-13-24(21)34-27(25)32-28(30)31-26)16-10-12-23-20(14-16)19-8-4-5-9-22(19)33(23)18-6-2-1-3-7-18/h1-15H. The maximum atomic E-state index is 6.45. The third kappa shape index (κ3) is 2.96. The van der Waals surface area contributed by atoms with Crippen LogP contribution < -0.4 is 0 Å². The summed E-state index contributed by atoms with van der Waals surface area (Å²) in [5.74, 6) is 0. The molecule has 0 radical (unpaired) electrons. The molecule has 0 amide bonds. The molecule has 0 aliphatic carbocycles. The van der Waals surface area contributed by atoms with Gasteiger partial charge in [0.2, 0.25) is 5.28 Å². The molecule has 4 aromatic carbocycles. The van der Waals surface area contributed by atoms with Crippen LogP contribution in [-0.2, 0) is 0 Å². The molecule has 162 valence electrons. The zero-order valence-corrected chi connectivity index (χ0v) is 20.0. The zero-order chi connectivity index (χ0) is 22.8. The SMILES string of the molecule is Clc1nc(Cl)c2c(n1)sc1ccc(-c3ccc4c(c3)c3ccccc3n4-c3ccccc3)cc12. The minimum Gasteiger partial charge on any atom is -0.309 e. The van der Waals surface area contributed by atoms with E-state index in [1.54, 1.807) is 11.3 Å². The summed E-state index contributed by atoms with van der Waals surface area (Å²) in [6, 6.07) is 32.2. The number of hydrogen-bond donors (Lipinski definition) is 0. The van der Waals surface area contributed by atoms with E-state index in [0.717, 1.165) is 37.1 Å². The first-order chi connectivity index (χ1) is 16.7. The van der Waals surface area contributed by atoms with E-state index in [1.807, 2.05) is 6.07 Å². The number of fused-ring (bicyclic) bond motifs is 6. The van der Waals surface area contributed by atoms with Gasteiger partial charge in [-0.2, -0.15) is 0 Å². The van der Waals surface area contributed by atoms with Gasteiger partial charge in [-0.05, 0) is 65.2 Å². The molecule has 0 saturated carbocycles. The highest BCUT2D eigenvalue weighted by atomic mass is 35.5. The normalized spacial score (nSPS) is 11.8. The molecule has 0 aliphatic rings. The van der Waals surface area contributed by atoms with Crippen molar-refractivity contribution in [2.45, 2.75) is 0 Å². The Morgan fingerprint density at radius 2 is 1.35 bits per heavy atom. The second-order valence-corrected chi connectivity index (χ2v) is 9.92. The highest BCUT2D eigenvalue weighted by molar-refractivity contribution is 7.25. The lowest BCUT2D eigenvalue weighted by atomic mass is 10.0. The number of thiophene rings is 1. The van der Waals surface area contributed by atoms with Crippen molar-refractivity contribution >= 4 is 76.6 Å². The first kappa shape index (κ1) is 20.0. The van der Waals surface area contributed by atoms with Crippen LogP contribution in [0.15, 0.2) is 91.0 Å². The van der Waals surface area contributed by atoms with Crippen molar-refractivity contribution in [3.05, 3.63) is 101 Å². The smallest absolute Gasteiger partial charge is 0.225 e. The van der Waals surface area contributed by atoms with Gasteiger partial charge in [0.05, 0.1) is 16.4 Å². The molecule has 3 aromatic heterocycles. The van der Waals surface area contributed by atoms with Gasteiger partial charge < -0.3 is 4.57 Å². The zero-order valence-electron chi connectivity index (χ0n) is 17.7. The van der Waals surface area contributed by atoms with E-state index in [-0.39, 0.29) is 5.28 Å². The van der Waals surface area contributed by atoms with Crippen LogP contribution >= 0.6 is 34.5 Å². The summed E-state index contributed by atoms with van der Waals surface area (Å²) < 4.78 is 3.43. The molecule has 0 aliphatic heterocycles. The molecule has 3 heterocycles. The van der Waals surface area contributed by atoms with E-state index >= 15 is 0 Å². The molecule has 6 heteroatoms. The highest BCUT2D eigenvalue weighted by Crippen LogP contribution is 2.40. The van der Waals surface area contributed by atoms with E-state index in [9.17, 15) is 0 Å². The second-order valence-electron chi connectivity index (χ2n) is 8.20. The largest absolute Gasteiger partial charge is 0.309 e. The van der Waals surface area contributed by atoms with Crippen LogP contribution in [0.4, 0.5) is 0 Å². The Kier molecular flexibility index (Phi) is 4.43. The first-order valence-corrected chi connectivity index (χ1v) is 12.4. The summed E-state index contributed by atoms with van der Waals surface area (Å²) in [7, 11) is 0. The number of benzene rings is 4. The van der Waals surface area contributed by atoms with Crippen molar-refractivity contribution in [1.82, 2.24) is 14.5 Å². The summed E-state index contributed by atoms with van der Waals surface area (Å²) in [5, 5.41) is 4.92. The fourth-order valence-corrected chi connectivity index (χ4v) is 6.44. The third-order valence-electron chi connectivity index (χ3n) is 6.28. The van der Waals surface area contributed by atoms with Crippen molar-refractivity contribution in [3.63, 3.8) is 0 Å². The van der Waals surface area contributed by atoms with Crippen LogP contribution in [0, 0.1) is 0 Å². The van der Waals surface area contributed by atoms with Gasteiger partial charge in [-0.15, -0.1) is 11.3 Å². The number of nitrogens with zero attached hydrogens (tertiary/aromatic N) is 3. The molecule has 0 N–H and O–H groups in total. The van der Waals surface area contributed by atoms with Crippen molar-refractivity contribution in [2.75, 3.05) is 0 Å². The van der Waals surface area contributed by atoms with Crippen LogP contribution in [0.25, 0.3) is 58.9 Å². The van der Waals surface area contributed by atoms with Crippen LogP contribution in [0.3, 0.4) is 0 Å². The topological polar surface area (TPSA) is 30.7 Å². The van der Waals surface area contributed by atoms with Gasteiger partial charge in [0, 0.05) is 26.5 Å². The molecule has 0 atom stereocenters. The molecular weight excluding hydrogens is 481 g/mol. The Balaban J connectivity index is 1.48. The van der Waals surface area contributed by atoms with E-state index in [4.69, 9.17) is 23.2 Å². The molecule has 7 aromatic rings. The first-order valence-electron chi connectivity index (χ1n) is 10.8. The Morgan fingerprint density at radius 1 is 0.647 bits per heavy atom. The summed E-state index contributed by atoms with van der Waals surface area (Å²) in [4.78, 5) is 9.33. The Bertz CT molecular complexity index is 1890. The Labute approximate surface area is 208 Å². The minimum atomic E-state index is 0.171. The second kappa shape index (κ2) is 7.54. The van der Waals surface area contributed by atoms with Crippen molar-refractivity contribution in [3.8, 4) is 16.8 Å². The average Bonchev–Trinajstić information content (AvgIpc) is 3.39. The molecule has 7 rings (SSSR count). The number of para-hydroxylation sites is 2. The number of aromatic nitrogens is 3. The van der Waals surface area contributed by atoms with Gasteiger partial charge in [-0.25, -0.2) is 9.97 Å². The monoisotopic (exact) mass is 495 g/mol. The van der Waals surface area contributed by atoms with Crippen LogP contribution in [-0.4, -0.2) is 14.5 Å². The van der Waals surface area contributed by atoms with Gasteiger partial charge in [0.1, 0.15) is 9.98 Å². The predicted molar refractivity (Wildman–Crippen MR) is 145 cm³/mol. The van der Waals surface area contributed by atoms with Gasteiger partial charge in [-0.1, -0.05) is 60.1 Å². The highest BCUT2D eigenvalue weighted by Gasteiger charge is 2.15. The lowest BCUT2D eigenvalue weighted by Gasteiger charge is -2.08. The summed E-state index contributed by atoms with van der Waals surface area (Å²) in [5.41, 5.74) is 5.80. The van der Waals surface area contributed by atoms with E-state index in [2.05, 4.69) is 99.5 Å². The van der Waals surface area contributed by atoms with Crippen molar-refractivity contribution in [2.24, 2.45) is 0 Å². The Morgan fingerprint density at radius 3 is 2.21 bits per heavy atom. The summed E-state index contributed by atoms with van der Waals surface area (Å²) >= 11 is 14.1. The lowest BCUT2D eigenvalue weighted by Crippen LogP contribution is -1.92. The lowest BCUT2D eigenvalue weighted by molar-refractivity contribution is 1.18. The number of halogens is 2. The molecule has 0 spiro atoms. The van der Waals surface area contributed by atoms with Gasteiger partial charge >= 0.3 is 0 Å². The van der Waals surface area contributed by atoms with Crippen molar-refractivity contribution < 1.29 is 0 Å².